The summed E-state index contributed by atoms with van der Waals surface area (Å²) >= 11 is 0. The van der Waals surface area contributed by atoms with E-state index >= 15 is 0 Å². The number of rotatable bonds is 4. The summed E-state index contributed by atoms with van der Waals surface area (Å²) in [5.74, 6) is -2.99. The SMILES string of the molecule is CCOC(=O)C1(C(=O)OCC)C[C@H]2CCC(=O)[C@H](C1)C2=O. The molecule has 0 unspecified atom stereocenters. The molecule has 0 aromatic heterocycles. The van der Waals surface area contributed by atoms with Crippen LogP contribution >= 0.6 is 0 Å². The van der Waals surface area contributed by atoms with Gasteiger partial charge in [0, 0.05) is 12.3 Å². The number of fused-ring (bicyclic) bond motifs is 2. The van der Waals surface area contributed by atoms with Crippen molar-refractivity contribution in [3.8, 4) is 0 Å². The fraction of sp³-hybridized carbons (Fsp3) is 0.733. The van der Waals surface area contributed by atoms with Crippen LogP contribution in [0, 0.1) is 17.3 Å². The van der Waals surface area contributed by atoms with Gasteiger partial charge in [-0.15, -0.1) is 0 Å². The maximum Gasteiger partial charge on any atom is 0.323 e. The molecule has 0 aromatic carbocycles. The maximum atomic E-state index is 12.3. The Bertz CT molecular complexity index is 463. The molecule has 2 fully saturated rings. The van der Waals surface area contributed by atoms with Gasteiger partial charge < -0.3 is 9.47 Å². The molecule has 0 saturated heterocycles. The Balaban J connectivity index is 2.37. The largest absolute Gasteiger partial charge is 0.465 e. The number of hydrogen-bond donors (Lipinski definition) is 0. The topological polar surface area (TPSA) is 86.7 Å². The van der Waals surface area contributed by atoms with E-state index in [-0.39, 0.29) is 37.6 Å². The van der Waals surface area contributed by atoms with Crippen LogP contribution in [-0.4, -0.2) is 36.7 Å². The Labute approximate surface area is 123 Å². The highest BCUT2D eigenvalue weighted by Crippen LogP contribution is 2.47. The summed E-state index contributed by atoms with van der Waals surface area (Å²) < 4.78 is 10.1. The van der Waals surface area contributed by atoms with Gasteiger partial charge in [-0.2, -0.15) is 0 Å². The first kappa shape index (κ1) is 15.7. The molecule has 6 nitrogen and oxygen atoms in total. The van der Waals surface area contributed by atoms with Crippen LogP contribution in [0.15, 0.2) is 0 Å². The minimum Gasteiger partial charge on any atom is -0.465 e. The lowest BCUT2D eigenvalue weighted by molar-refractivity contribution is -0.179. The maximum absolute atomic E-state index is 12.3. The van der Waals surface area contributed by atoms with Gasteiger partial charge in [-0.05, 0) is 33.1 Å². The first-order chi connectivity index (χ1) is 9.96. The number of ketones is 2. The second-order valence-electron chi connectivity index (χ2n) is 5.59. The minimum absolute atomic E-state index is 0.0906. The molecule has 2 aliphatic carbocycles. The van der Waals surface area contributed by atoms with Gasteiger partial charge in [0.15, 0.2) is 5.41 Å². The first-order valence-electron chi connectivity index (χ1n) is 7.37. The number of carbonyl (C=O) groups excluding carboxylic acids is 4. The van der Waals surface area contributed by atoms with Crippen molar-refractivity contribution in [2.45, 2.75) is 39.5 Å². The first-order valence-corrected chi connectivity index (χ1v) is 7.37. The van der Waals surface area contributed by atoms with Crippen LogP contribution < -0.4 is 0 Å². The molecule has 0 spiro atoms. The second-order valence-corrected chi connectivity index (χ2v) is 5.59. The zero-order valence-electron chi connectivity index (χ0n) is 12.3. The molecule has 0 heterocycles. The fourth-order valence-corrected chi connectivity index (χ4v) is 3.30. The predicted octanol–water partition coefficient (Wildman–Crippen LogP) is 1.06. The third-order valence-corrected chi connectivity index (χ3v) is 4.35. The van der Waals surface area contributed by atoms with E-state index in [0.29, 0.717) is 12.8 Å². The summed E-state index contributed by atoms with van der Waals surface area (Å²) in [5, 5.41) is 0. The Morgan fingerprint density at radius 3 is 2.19 bits per heavy atom. The van der Waals surface area contributed by atoms with E-state index in [4.69, 9.17) is 9.47 Å². The number of Topliss-reactive ketones (excluding diaryl/α,β-unsaturated/α-hetero) is 2. The second kappa shape index (κ2) is 5.95. The van der Waals surface area contributed by atoms with Crippen molar-refractivity contribution in [2.24, 2.45) is 17.3 Å². The highest BCUT2D eigenvalue weighted by Gasteiger charge is 2.59. The summed E-state index contributed by atoms with van der Waals surface area (Å²) in [5.41, 5.74) is -1.51. The van der Waals surface area contributed by atoms with Crippen LogP contribution in [0.2, 0.25) is 0 Å². The molecule has 21 heavy (non-hydrogen) atoms. The van der Waals surface area contributed by atoms with E-state index in [1.54, 1.807) is 13.8 Å². The summed E-state index contributed by atoms with van der Waals surface area (Å²) in [6, 6.07) is 0. The van der Waals surface area contributed by atoms with E-state index < -0.39 is 29.2 Å². The summed E-state index contributed by atoms with van der Waals surface area (Å²) in [4.78, 5) is 48.8. The average Bonchev–Trinajstić information content (AvgIpc) is 2.44. The molecule has 2 saturated carbocycles. The van der Waals surface area contributed by atoms with Crippen LogP contribution in [0.5, 0.6) is 0 Å². The van der Waals surface area contributed by atoms with E-state index in [9.17, 15) is 19.2 Å². The molecule has 6 heteroatoms. The summed E-state index contributed by atoms with van der Waals surface area (Å²) in [6.45, 7) is 3.57. The Kier molecular flexibility index (Phi) is 4.44. The number of carbonyl (C=O) groups is 4. The lowest BCUT2D eigenvalue weighted by Crippen LogP contribution is -2.54. The standard InChI is InChI=1S/C15H20O6/c1-3-20-13(18)15(14(19)21-4-2)7-9-5-6-11(16)10(8-15)12(9)17/h9-10H,3-8H2,1-2H3/t9-,10+/m1/s1. The van der Waals surface area contributed by atoms with Gasteiger partial charge in [-0.25, -0.2) is 0 Å². The van der Waals surface area contributed by atoms with Crippen molar-refractivity contribution in [3.63, 3.8) is 0 Å². The molecular weight excluding hydrogens is 276 g/mol. The Hall–Kier alpha value is -1.72. The van der Waals surface area contributed by atoms with Crippen LogP contribution in [-0.2, 0) is 28.7 Å². The Morgan fingerprint density at radius 1 is 1.10 bits per heavy atom. The quantitative estimate of drug-likeness (QED) is 0.569. The molecule has 0 N–H and O–H groups in total. The van der Waals surface area contributed by atoms with Gasteiger partial charge in [0.05, 0.1) is 19.1 Å². The minimum atomic E-state index is -1.51. The van der Waals surface area contributed by atoms with Crippen molar-refractivity contribution < 1.29 is 28.7 Å². The van der Waals surface area contributed by atoms with Gasteiger partial charge in [-0.3, -0.25) is 19.2 Å². The molecule has 0 aromatic rings. The molecule has 116 valence electrons. The third kappa shape index (κ3) is 2.59. The molecule has 2 atom stereocenters. The van der Waals surface area contributed by atoms with Crippen LogP contribution in [0.3, 0.4) is 0 Å². The zero-order chi connectivity index (χ0) is 15.6. The molecule has 0 amide bonds. The van der Waals surface area contributed by atoms with Crippen molar-refractivity contribution in [1.29, 1.82) is 0 Å². The summed E-state index contributed by atoms with van der Waals surface area (Å²) in [7, 11) is 0. The molecule has 0 radical (unpaired) electrons. The zero-order valence-corrected chi connectivity index (χ0v) is 12.3. The van der Waals surface area contributed by atoms with Gasteiger partial charge in [0.2, 0.25) is 0 Å². The molecule has 2 rings (SSSR count). The van der Waals surface area contributed by atoms with Crippen molar-refractivity contribution in [1.82, 2.24) is 0 Å². The number of esters is 2. The third-order valence-electron chi connectivity index (χ3n) is 4.35. The van der Waals surface area contributed by atoms with Crippen LogP contribution in [0.25, 0.3) is 0 Å². The smallest absolute Gasteiger partial charge is 0.323 e. The van der Waals surface area contributed by atoms with Crippen molar-refractivity contribution in [3.05, 3.63) is 0 Å². The molecular formula is C15H20O6. The van der Waals surface area contributed by atoms with Gasteiger partial charge in [0.25, 0.3) is 0 Å². The van der Waals surface area contributed by atoms with Crippen molar-refractivity contribution in [2.75, 3.05) is 13.2 Å². The van der Waals surface area contributed by atoms with Gasteiger partial charge in [-0.1, -0.05) is 0 Å². The number of hydrogen-bond acceptors (Lipinski definition) is 6. The van der Waals surface area contributed by atoms with E-state index in [1.165, 1.54) is 0 Å². The average molecular weight is 296 g/mol. The van der Waals surface area contributed by atoms with E-state index in [2.05, 4.69) is 0 Å². The lowest BCUT2D eigenvalue weighted by atomic mass is 9.59. The van der Waals surface area contributed by atoms with Crippen LogP contribution in [0.1, 0.15) is 39.5 Å². The van der Waals surface area contributed by atoms with Crippen LogP contribution in [0.4, 0.5) is 0 Å². The molecule has 2 bridgehead atoms. The van der Waals surface area contributed by atoms with Crippen molar-refractivity contribution >= 4 is 23.5 Å². The van der Waals surface area contributed by atoms with Gasteiger partial charge in [0.1, 0.15) is 11.6 Å². The summed E-state index contributed by atoms with van der Waals surface area (Å²) in [6.07, 6.45) is 0.712. The van der Waals surface area contributed by atoms with E-state index in [0.717, 1.165) is 0 Å². The Morgan fingerprint density at radius 2 is 1.67 bits per heavy atom. The fourth-order valence-electron chi connectivity index (χ4n) is 3.30. The lowest BCUT2D eigenvalue weighted by Gasteiger charge is -2.41. The number of ether oxygens (including phenoxy) is 2. The highest BCUT2D eigenvalue weighted by molar-refractivity contribution is 6.10. The molecule has 2 aliphatic rings. The van der Waals surface area contributed by atoms with E-state index in [1.807, 2.05) is 0 Å². The monoisotopic (exact) mass is 296 g/mol. The molecule has 0 aliphatic heterocycles. The highest BCUT2D eigenvalue weighted by atomic mass is 16.6. The predicted molar refractivity (Wildman–Crippen MR) is 71.2 cm³/mol. The van der Waals surface area contributed by atoms with Gasteiger partial charge >= 0.3 is 11.9 Å². The normalized spacial score (nSPS) is 27.1.